The zero-order chi connectivity index (χ0) is 13.0. The summed E-state index contributed by atoms with van der Waals surface area (Å²) >= 11 is 6.30. The Hall–Kier alpha value is -1.73. The van der Waals surface area contributed by atoms with Crippen molar-refractivity contribution in [2.24, 2.45) is 0 Å². The Morgan fingerprint density at radius 2 is 1.61 bits per heavy atom. The van der Waals surface area contributed by atoms with Gasteiger partial charge >= 0.3 is 0 Å². The Kier molecular flexibility index (Phi) is 4.06. The van der Waals surface area contributed by atoms with Crippen LogP contribution in [-0.2, 0) is 0 Å². The Bertz CT molecular complexity index is 538. The molecule has 0 spiro atoms. The number of aryl methyl sites for hydroxylation is 1. The lowest BCUT2D eigenvalue weighted by atomic mass is 10.1. The predicted octanol–water partition coefficient (Wildman–Crippen LogP) is 4.74. The Labute approximate surface area is 113 Å². The molecule has 0 unspecified atom stereocenters. The molecule has 1 nitrogen and oxygen atoms in total. The molecule has 0 aliphatic rings. The average molecular weight is 259 g/mol. The molecule has 0 aliphatic carbocycles. The Morgan fingerprint density at radius 3 is 2.17 bits per heavy atom. The van der Waals surface area contributed by atoms with E-state index in [9.17, 15) is 0 Å². The molecule has 2 rings (SSSR count). The minimum atomic E-state index is 0.724. The monoisotopic (exact) mass is 258 g/mol. The van der Waals surface area contributed by atoms with Crippen LogP contribution >= 0.6 is 11.6 Å². The standard InChI is InChI=1S/C16H15ClO/c1-12-3-5-13(6-4-12)11-16(17)14-7-9-15(18-2)10-8-14/h3-11H,1-2H3/b16-11+. The van der Waals surface area contributed by atoms with Gasteiger partial charge in [-0.2, -0.15) is 0 Å². The van der Waals surface area contributed by atoms with Crippen molar-refractivity contribution in [2.45, 2.75) is 6.92 Å². The van der Waals surface area contributed by atoms with Crippen LogP contribution in [0, 0.1) is 6.92 Å². The van der Waals surface area contributed by atoms with Gasteiger partial charge in [-0.1, -0.05) is 41.4 Å². The van der Waals surface area contributed by atoms with Gasteiger partial charge in [-0.3, -0.25) is 0 Å². The van der Waals surface area contributed by atoms with Crippen molar-refractivity contribution in [3.05, 3.63) is 65.2 Å². The van der Waals surface area contributed by atoms with E-state index in [1.54, 1.807) is 7.11 Å². The first-order valence-corrected chi connectivity index (χ1v) is 6.15. The molecule has 0 bridgehead atoms. The first kappa shape index (κ1) is 12.7. The highest BCUT2D eigenvalue weighted by molar-refractivity contribution is 6.51. The number of ether oxygens (including phenoxy) is 1. The van der Waals surface area contributed by atoms with Gasteiger partial charge < -0.3 is 4.74 Å². The highest BCUT2D eigenvalue weighted by Crippen LogP contribution is 2.24. The second-order valence-corrected chi connectivity index (χ2v) is 4.54. The molecule has 0 aromatic heterocycles. The summed E-state index contributed by atoms with van der Waals surface area (Å²) in [6, 6.07) is 16.0. The van der Waals surface area contributed by atoms with Gasteiger partial charge in [-0.25, -0.2) is 0 Å². The summed E-state index contributed by atoms with van der Waals surface area (Å²) in [4.78, 5) is 0. The summed E-state index contributed by atoms with van der Waals surface area (Å²) in [6.45, 7) is 2.07. The number of methoxy groups -OCH3 is 1. The van der Waals surface area contributed by atoms with Crippen LogP contribution in [0.3, 0.4) is 0 Å². The molecule has 0 aliphatic heterocycles. The van der Waals surface area contributed by atoms with E-state index in [1.807, 2.05) is 30.3 Å². The third-order valence-electron chi connectivity index (χ3n) is 2.74. The first-order valence-electron chi connectivity index (χ1n) is 5.77. The minimum absolute atomic E-state index is 0.724. The van der Waals surface area contributed by atoms with Crippen LogP contribution < -0.4 is 4.74 Å². The molecule has 92 valence electrons. The number of rotatable bonds is 3. The number of halogens is 1. The molecule has 0 saturated heterocycles. The summed E-state index contributed by atoms with van der Waals surface area (Å²) in [5, 5.41) is 0.724. The second-order valence-electron chi connectivity index (χ2n) is 4.13. The lowest BCUT2D eigenvalue weighted by Crippen LogP contribution is -1.83. The molecule has 2 aromatic rings. The zero-order valence-electron chi connectivity index (χ0n) is 10.5. The van der Waals surface area contributed by atoms with Gasteiger partial charge in [0.25, 0.3) is 0 Å². The summed E-state index contributed by atoms with van der Waals surface area (Å²) in [7, 11) is 1.65. The van der Waals surface area contributed by atoms with Crippen molar-refractivity contribution in [2.75, 3.05) is 7.11 Å². The molecule has 2 heteroatoms. The van der Waals surface area contributed by atoms with E-state index in [0.717, 1.165) is 21.9 Å². The second kappa shape index (κ2) is 5.74. The van der Waals surface area contributed by atoms with E-state index in [0.29, 0.717) is 0 Å². The molecule has 0 heterocycles. The van der Waals surface area contributed by atoms with Crippen molar-refractivity contribution in [1.82, 2.24) is 0 Å². The Morgan fingerprint density at radius 1 is 1.00 bits per heavy atom. The van der Waals surface area contributed by atoms with Crippen LogP contribution in [0.1, 0.15) is 16.7 Å². The fraction of sp³-hybridized carbons (Fsp3) is 0.125. The van der Waals surface area contributed by atoms with Crippen molar-refractivity contribution in [1.29, 1.82) is 0 Å². The normalized spacial score (nSPS) is 11.4. The van der Waals surface area contributed by atoms with Crippen LogP contribution in [-0.4, -0.2) is 7.11 Å². The van der Waals surface area contributed by atoms with Crippen molar-refractivity contribution in [3.63, 3.8) is 0 Å². The topological polar surface area (TPSA) is 9.23 Å². The summed E-state index contributed by atoms with van der Waals surface area (Å²) in [5.41, 5.74) is 3.33. The molecule has 18 heavy (non-hydrogen) atoms. The van der Waals surface area contributed by atoms with Gasteiger partial charge in [0.2, 0.25) is 0 Å². The number of hydrogen-bond donors (Lipinski definition) is 0. The van der Waals surface area contributed by atoms with Crippen LogP contribution in [0.25, 0.3) is 11.1 Å². The lowest BCUT2D eigenvalue weighted by molar-refractivity contribution is 0.415. The lowest BCUT2D eigenvalue weighted by Gasteiger charge is -2.03. The average Bonchev–Trinajstić information content (AvgIpc) is 2.41. The van der Waals surface area contributed by atoms with E-state index in [4.69, 9.17) is 16.3 Å². The molecular formula is C16H15ClO. The highest BCUT2D eigenvalue weighted by atomic mass is 35.5. The molecule has 0 amide bonds. The van der Waals surface area contributed by atoms with Gasteiger partial charge in [-0.05, 0) is 48.4 Å². The smallest absolute Gasteiger partial charge is 0.118 e. The van der Waals surface area contributed by atoms with Gasteiger partial charge in [0.15, 0.2) is 0 Å². The van der Waals surface area contributed by atoms with E-state index in [-0.39, 0.29) is 0 Å². The molecule has 0 fully saturated rings. The van der Waals surface area contributed by atoms with Gasteiger partial charge in [-0.15, -0.1) is 0 Å². The first-order chi connectivity index (χ1) is 8.69. The van der Waals surface area contributed by atoms with Gasteiger partial charge in [0, 0.05) is 5.03 Å². The largest absolute Gasteiger partial charge is 0.497 e. The van der Waals surface area contributed by atoms with Gasteiger partial charge in [0.05, 0.1) is 7.11 Å². The molecular weight excluding hydrogens is 244 g/mol. The van der Waals surface area contributed by atoms with Crippen LogP contribution in [0.5, 0.6) is 5.75 Å². The maximum absolute atomic E-state index is 6.30. The van der Waals surface area contributed by atoms with Gasteiger partial charge in [0.1, 0.15) is 5.75 Å². The number of benzene rings is 2. The van der Waals surface area contributed by atoms with Crippen LogP contribution in [0.15, 0.2) is 48.5 Å². The minimum Gasteiger partial charge on any atom is -0.497 e. The predicted molar refractivity (Wildman–Crippen MR) is 77.9 cm³/mol. The quantitative estimate of drug-likeness (QED) is 0.723. The van der Waals surface area contributed by atoms with E-state index in [1.165, 1.54) is 5.56 Å². The Balaban J connectivity index is 2.23. The third-order valence-corrected chi connectivity index (χ3v) is 3.06. The molecule has 0 N–H and O–H groups in total. The fourth-order valence-corrected chi connectivity index (χ4v) is 1.89. The fourth-order valence-electron chi connectivity index (χ4n) is 1.64. The maximum atomic E-state index is 6.30. The molecule has 0 saturated carbocycles. The van der Waals surface area contributed by atoms with Crippen molar-refractivity contribution in [3.8, 4) is 5.75 Å². The van der Waals surface area contributed by atoms with E-state index >= 15 is 0 Å². The number of hydrogen-bond acceptors (Lipinski definition) is 1. The summed E-state index contributed by atoms with van der Waals surface area (Å²) in [5.74, 6) is 0.832. The summed E-state index contributed by atoms with van der Waals surface area (Å²) < 4.78 is 5.12. The van der Waals surface area contributed by atoms with Crippen LogP contribution in [0.2, 0.25) is 0 Å². The van der Waals surface area contributed by atoms with E-state index < -0.39 is 0 Å². The molecule has 0 radical (unpaired) electrons. The SMILES string of the molecule is COc1ccc(/C(Cl)=C\c2ccc(C)cc2)cc1. The summed E-state index contributed by atoms with van der Waals surface area (Å²) in [6.07, 6.45) is 1.96. The maximum Gasteiger partial charge on any atom is 0.118 e. The third kappa shape index (κ3) is 3.14. The van der Waals surface area contributed by atoms with E-state index in [2.05, 4.69) is 31.2 Å². The molecule has 0 atom stereocenters. The van der Waals surface area contributed by atoms with Crippen molar-refractivity contribution >= 4 is 22.7 Å². The van der Waals surface area contributed by atoms with Crippen molar-refractivity contribution < 1.29 is 4.74 Å². The van der Waals surface area contributed by atoms with Crippen LogP contribution in [0.4, 0.5) is 0 Å². The molecule has 2 aromatic carbocycles. The zero-order valence-corrected chi connectivity index (χ0v) is 11.2. The highest BCUT2D eigenvalue weighted by Gasteiger charge is 1.99.